The van der Waals surface area contributed by atoms with E-state index in [4.69, 9.17) is 4.74 Å². The summed E-state index contributed by atoms with van der Waals surface area (Å²) in [5.74, 6) is 0.830. The van der Waals surface area contributed by atoms with Gasteiger partial charge in [0.2, 0.25) is 0 Å². The summed E-state index contributed by atoms with van der Waals surface area (Å²) in [5.41, 5.74) is 5.84. The first-order chi connectivity index (χ1) is 11.6. The number of hydrogen-bond donors (Lipinski definition) is 1. The molecule has 4 heteroatoms. The van der Waals surface area contributed by atoms with E-state index in [1.54, 1.807) is 6.21 Å². The number of hydrazone groups is 1. The summed E-state index contributed by atoms with van der Waals surface area (Å²) in [4.78, 5) is 11.8. The number of hydrogen-bond acceptors (Lipinski definition) is 3. The standard InChI is InChI=1S/C20H24N2O2/c1-15(2)18-10-9-16(3)13-19(18)24-14-20(23)22-21-12-11-17-7-5-4-6-8-17/h4-10,12-13,15H,11,14H2,1-3H3,(H,22,23)/b21-12+. The summed E-state index contributed by atoms with van der Waals surface area (Å²) >= 11 is 0. The smallest absolute Gasteiger partial charge is 0.277 e. The largest absolute Gasteiger partial charge is 0.483 e. The van der Waals surface area contributed by atoms with Crippen LogP contribution >= 0.6 is 0 Å². The van der Waals surface area contributed by atoms with Crippen LogP contribution in [0.4, 0.5) is 0 Å². The molecule has 1 amide bonds. The van der Waals surface area contributed by atoms with Crippen LogP contribution in [0.15, 0.2) is 53.6 Å². The predicted octanol–water partition coefficient (Wildman–Crippen LogP) is 3.84. The molecule has 0 fully saturated rings. The lowest BCUT2D eigenvalue weighted by Gasteiger charge is -2.14. The van der Waals surface area contributed by atoms with Crippen molar-refractivity contribution in [2.45, 2.75) is 33.1 Å². The van der Waals surface area contributed by atoms with E-state index in [1.807, 2.05) is 49.4 Å². The molecule has 1 N–H and O–H groups in total. The van der Waals surface area contributed by atoms with Gasteiger partial charge < -0.3 is 4.74 Å². The number of amides is 1. The fourth-order valence-corrected chi connectivity index (χ4v) is 2.30. The molecule has 0 unspecified atom stereocenters. The number of carbonyl (C=O) groups excluding carboxylic acids is 1. The second-order valence-corrected chi connectivity index (χ2v) is 6.02. The number of ether oxygens (including phenoxy) is 1. The van der Waals surface area contributed by atoms with Gasteiger partial charge in [-0.15, -0.1) is 0 Å². The monoisotopic (exact) mass is 324 g/mol. The molecule has 0 spiro atoms. The molecule has 0 radical (unpaired) electrons. The quantitative estimate of drug-likeness (QED) is 0.621. The molecule has 0 bridgehead atoms. The Kier molecular flexibility index (Phi) is 6.55. The van der Waals surface area contributed by atoms with E-state index < -0.39 is 0 Å². The zero-order valence-electron chi connectivity index (χ0n) is 14.5. The van der Waals surface area contributed by atoms with E-state index in [9.17, 15) is 4.79 Å². The van der Waals surface area contributed by atoms with Crippen LogP contribution in [-0.2, 0) is 11.2 Å². The lowest BCUT2D eigenvalue weighted by Crippen LogP contribution is -2.25. The van der Waals surface area contributed by atoms with E-state index in [1.165, 1.54) is 0 Å². The summed E-state index contributed by atoms with van der Waals surface area (Å²) in [6.45, 7) is 6.16. The van der Waals surface area contributed by atoms with Gasteiger partial charge in [-0.25, -0.2) is 5.43 Å². The average Bonchev–Trinajstić information content (AvgIpc) is 2.57. The Hall–Kier alpha value is -2.62. The molecule has 4 nitrogen and oxygen atoms in total. The summed E-state index contributed by atoms with van der Waals surface area (Å²) in [6.07, 6.45) is 2.36. The third kappa shape index (κ3) is 5.54. The first-order valence-electron chi connectivity index (χ1n) is 8.14. The molecular formula is C20H24N2O2. The number of aryl methyl sites for hydroxylation is 1. The number of rotatable bonds is 7. The Labute approximate surface area is 143 Å². The average molecular weight is 324 g/mol. The second-order valence-electron chi connectivity index (χ2n) is 6.02. The first kappa shape index (κ1) is 17.7. The Morgan fingerprint density at radius 2 is 1.96 bits per heavy atom. The van der Waals surface area contributed by atoms with Gasteiger partial charge in [0, 0.05) is 12.6 Å². The highest BCUT2D eigenvalue weighted by Crippen LogP contribution is 2.27. The zero-order valence-corrected chi connectivity index (χ0v) is 14.5. The van der Waals surface area contributed by atoms with Crippen molar-refractivity contribution >= 4 is 12.1 Å². The van der Waals surface area contributed by atoms with Crippen LogP contribution in [0, 0.1) is 6.92 Å². The van der Waals surface area contributed by atoms with Crippen LogP contribution < -0.4 is 10.2 Å². The zero-order chi connectivity index (χ0) is 17.4. The summed E-state index contributed by atoms with van der Waals surface area (Å²) in [7, 11) is 0. The van der Waals surface area contributed by atoms with Gasteiger partial charge in [0.05, 0.1) is 0 Å². The molecule has 2 aromatic carbocycles. The van der Waals surface area contributed by atoms with Gasteiger partial charge in [0.15, 0.2) is 6.61 Å². The molecule has 2 rings (SSSR count). The minimum Gasteiger partial charge on any atom is -0.483 e. The molecule has 0 atom stereocenters. The fourth-order valence-electron chi connectivity index (χ4n) is 2.30. The molecule has 0 aliphatic carbocycles. The SMILES string of the molecule is Cc1ccc(C(C)C)c(OCC(=O)N/N=C/Cc2ccccc2)c1. The summed E-state index contributed by atoms with van der Waals surface area (Å²) < 4.78 is 5.67. The van der Waals surface area contributed by atoms with E-state index >= 15 is 0 Å². The number of carbonyl (C=O) groups is 1. The second kappa shape index (κ2) is 8.87. The van der Waals surface area contributed by atoms with Gasteiger partial charge in [0.1, 0.15) is 5.75 Å². The van der Waals surface area contributed by atoms with Gasteiger partial charge in [-0.3, -0.25) is 4.79 Å². The van der Waals surface area contributed by atoms with Crippen LogP contribution in [0.5, 0.6) is 5.75 Å². The molecule has 0 aliphatic rings. The van der Waals surface area contributed by atoms with Crippen molar-refractivity contribution in [3.63, 3.8) is 0 Å². The molecule has 2 aromatic rings. The van der Waals surface area contributed by atoms with Gasteiger partial charge in [-0.2, -0.15) is 5.10 Å². The number of benzene rings is 2. The Morgan fingerprint density at radius 1 is 1.21 bits per heavy atom. The Morgan fingerprint density at radius 3 is 2.67 bits per heavy atom. The van der Waals surface area contributed by atoms with Crippen molar-refractivity contribution in [3.05, 3.63) is 65.2 Å². The maximum atomic E-state index is 11.8. The summed E-state index contributed by atoms with van der Waals surface area (Å²) in [6, 6.07) is 16.0. The summed E-state index contributed by atoms with van der Waals surface area (Å²) in [5, 5.41) is 3.95. The van der Waals surface area contributed by atoms with Crippen LogP contribution in [0.3, 0.4) is 0 Å². The number of nitrogens with one attached hydrogen (secondary N) is 1. The van der Waals surface area contributed by atoms with Crippen molar-refractivity contribution in [1.82, 2.24) is 5.43 Å². The molecule has 0 aliphatic heterocycles. The van der Waals surface area contributed by atoms with E-state index in [0.717, 1.165) is 22.4 Å². The highest BCUT2D eigenvalue weighted by molar-refractivity contribution is 5.78. The van der Waals surface area contributed by atoms with Crippen LogP contribution in [0.2, 0.25) is 0 Å². The first-order valence-corrected chi connectivity index (χ1v) is 8.14. The van der Waals surface area contributed by atoms with Crippen LogP contribution in [-0.4, -0.2) is 18.7 Å². The molecule has 126 valence electrons. The third-order valence-electron chi connectivity index (χ3n) is 3.60. The van der Waals surface area contributed by atoms with E-state index in [2.05, 4.69) is 30.4 Å². The van der Waals surface area contributed by atoms with Crippen LogP contribution in [0.1, 0.15) is 36.5 Å². The van der Waals surface area contributed by atoms with Gasteiger partial charge in [-0.1, -0.05) is 56.3 Å². The van der Waals surface area contributed by atoms with Crippen molar-refractivity contribution in [1.29, 1.82) is 0 Å². The highest BCUT2D eigenvalue weighted by atomic mass is 16.5. The maximum absolute atomic E-state index is 11.8. The fraction of sp³-hybridized carbons (Fsp3) is 0.300. The van der Waals surface area contributed by atoms with Crippen LogP contribution in [0.25, 0.3) is 0 Å². The normalized spacial score (nSPS) is 11.0. The molecule has 0 saturated heterocycles. The minimum absolute atomic E-state index is 0.0498. The molecule has 0 heterocycles. The lowest BCUT2D eigenvalue weighted by molar-refractivity contribution is -0.123. The number of nitrogens with zero attached hydrogens (tertiary/aromatic N) is 1. The predicted molar refractivity (Wildman–Crippen MR) is 97.5 cm³/mol. The molecule has 0 aromatic heterocycles. The molecule has 24 heavy (non-hydrogen) atoms. The topological polar surface area (TPSA) is 50.7 Å². The van der Waals surface area contributed by atoms with Crippen molar-refractivity contribution in [2.75, 3.05) is 6.61 Å². The van der Waals surface area contributed by atoms with Crippen molar-refractivity contribution in [3.8, 4) is 5.75 Å². The van der Waals surface area contributed by atoms with Crippen molar-refractivity contribution in [2.24, 2.45) is 5.10 Å². The van der Waals surface area contributed by atoms with Crippen molar-refractivity contribution < 1.29 is 9.53 Å². The third-order valence-corrected chi connectivity index (χ3v) is 3.60. The lowest BCUT2D eigenvalue weighted by atomic mass is 10.0. The van der Waals surface area contributed by atoms with E-state index in [0.29, 0.717) is 12.3 Å². The Balaban J connectivity index is 1.82. The molecule has 0 saturated carbocycles. The van der Waals surface area contributed by atoms with Gasteiger partial charge >= 0.3 is 0 Å². The highest BCUT2D eigenvalue weighted by Gasteiger charge is 2.09. The minimum atomic E-state index is -0.268. The maximum Gasteiger partial charge on any atom is 0.277 e. The molecular weight excluding hydrogens is 300 g/mol. The van der Waals surface area contributed by atoms with Gasteiger partial charge in [-0.05, 0) is 35.6 Å². The Bertz CT molecular complexity index is 694. The van der Waals surface area contributed by atoms with E-state index in [-0.39, 0.29) is 12.5 Å². The van der Waals surface area contributed by atoms with Gasteiger partial charge in [0.25, 0.3) is 5.91 Å².